The number of benzene rings is 2. The minimum atomic E-state index is 0.195. The lowest BCUT2D eigenvalue weighted by atomic mass is 10.1. The Kier molecular flexibility index (Phi) is 9.95. The Morgan fingerprint density at radius 3 is 1.59 bits per heavy atom. The number of hydrogen-bond donors (Lipinski definition) is 2. The van der Waals surface area contributed by atoms with Crippen LogP contribution in [0, 0.1) is 0 Å². The van der Waals surface area contributed by atoms with E-state index in [1.54, 1.807) is 12.1 Å². The standard InChI is InChI=1S/C22H30O3S2/c1-3-5-13-21(17-9-7-11-19(23)15-17)26-25-27-22(14-6-4-2)18-10-8-12-20(24)16-18/h7-12,15-16,21-24H,3-6,13-14H2,1-2H3. The highest BCUT2D eigenvalue weighted by atomic mass is 32.2. The molecule has 3 nitrogen and oxygen atoms in total. The van der Waals surface area contributed by atoms with E-state index in [4.69, 9.17) is 3.63 Å². The molecule has 0 fully saturated rings. The lowest BCUT2D eigenvalue weighted by Gasteiger charge is -2.19. The Hall–Kier alpha value is -1.30. The lowest BCUT2D eigenvalue weighted by molar-refractivity contribution is 0.473. The predicted octanol–water partition coefficient (Wildman–Crippen LogP) is 7.57. The summed E-state index contributed by atoms with van der Waals surface area (Å²) in [5.41, 5.74) is 2.19. The molecule has 0 heterocycles. The van der Waals surface area contributed by atoms with Gasteiger partial charge in [-0.3, -0.25) is 0 Å². The van der Waals surface area contributed by atoms with Gasteiger partial charge in [0.15, 0.2) is 0 Å². The van der Waals surface area contributed by atoms with E-state index in [0.29, 0.717) is 11.5 Å². The second-order valence-corrected chi connectivity index (χ2v) is 8.78. The van der Waals surface area contributed by atoms with Gasteiger partial charge in [-0.2, -0.15) is 0 Å². The highest BCUT2D eigenvalue weighted by Crippen LogP contribution is 2.43. The zero-order chi connectivity index (χ0) is 19.5. The van der Waals surface area contributed by atoms with E-state index >= 15 is 0 Å². The van der Waals surface area contributed by atoms with Crippen molar-refractivity contribution in [2.45, 2.75) is 62.9 Å². The summed E-state index contributed by atoms with van der Waals surface area (Å²) >= 11 is 2.95. The van der Waals surface area contributed by atoms with Gasteiger partial charge in [-0.25, -0.2) is 3.63 Å². The van der Waals surface area contributed by atoms with Gasteiger partial charge in [-0.15, -0.1) is 0 Å². The molecule has 27 heavy (non-hydrogen) atoms. The van der Waals surface area contributed by atoms with E-state index < -0.39 is 0 Å². The molecular weight excluding hydrogens is 376 g/mol. The molecule has 2 unspecified atom stereocenters. The number of phenols is 2. The van der Waals surface area contributed by atoms with Gasteiger partial charge in [0.2, 0.25) is 0 Å². The molecule has 0 aliphatic carbocycles. The third-order valence-corrected chi connectivity index (χ3v) is 6.54. The summed E-state index contributed by atoms with van der Waals surface area (Å²) in [7, 11) is 0. The number of unbranched alkanes of at least 4 members (excludes halogenated alkanes) is 2. The first-order valence-electron chi connectivity index (χ1n) is 9.70. The lowest BCUT2D eigenvalue weighted by Crippen LogP contribution is -1.97. The van der Waals surface area contributed by atoms with Crippen LogP contribution in [0.25, 0.3) is 0 Å². The predicted molar refractivity (Wildman–Crippen MR) is 117 cm³/mol. The first-order valence-corrected chi connectivity index (χ1v) is 11.3. The number of aromatic hydroxyl groups is 2. The number of hydrogen-bond acceptors (Lipinski definition) is 5. The van der Waals surface area contributed by atoms with Gasteiger partial charge in [0, 0.05) is 24.1 Å². The molecule has 2 rings (SSSR count). The largest absolute Gasteiger partial charge is 0.508 e. The number of rotatable bonds is 12. The summed E-state index contributed by atoms with van der Waals surface area (Å²) in [5.74, 6) is 0.589. The summed E-state index contributed by atoms with van der Waals surface area (Å²) in [6, 6.07) is 14.9. The summed E-state index contributed by atoms with van der Waals surface area (Å²) in [6.07, 6.45) is 6.52. The molecule has 148 valence electrons. The third kappa shape index (κ3) is 7.68. The van der Waals surface area contributed by atoms with Crippen LogP contribution in [0.15, 0.2) is 48.5 Å². The minimum absolute atomic E-state index is 0.195. The maximum atomic E-state index is 9.79. The van der Waals surface area contributed by atoms with Crippen molar-refractivity contribution in [1.29, 1.82) is 0 Å². The fraction of sp³-hybridized carbons (Fsp3) is 0.455. The van der Waals surface area contributed by atoms with Gasteiger partial charge in [0.1, 0.15) is 11.5 Å². The molecule has 0 bridgehead atoms. The van der Waals surface area contributed by atoms with E-state index in [0.717, 1.165) is 49.7 Å². The quantitative estimate of drug-likeness (QED) is 0.356. The van der Waals surface area contributed by atoms with Crippen LogP contribution < -0.4 is 0 Å². The first-order chi connectivity index (χ1) is 13.1. The first kappa shape index (κ1) is 22.0. The third-order valence-electron chi connectivity index (χ3n) is 4.43. The Bertz CT molecular complexity index is 621. The summed E-state index contributed by atoms with van der Waals surface area (Å²) in [5, 5.41) is 20.0. The maximum absolute atomic E-state index is 9.79. The Morgan fingerprint density at radius 2 is 1.22 bits per heavy atom. The molecule has 0 aromatic heterocycles. The average Bonchev–Trinajstić information content (AvgIpc) is 2.67. The van der Waals surface area contributed by atoms with Crippen LogP contribution in [0.3, 0.4) is 0 Å². The normalized spacial score (nSPS) is 13.4. The van der Waals surface area contributed by atoms with Crippen LogP contribution >= 0.6 is 24.1 Å². The molecule has 0 saturated heterocycles. The van der Waals surface area contributed by atoms with Crippen molar-refractivity contribution in [1.82, 2.24) is 0 Å². The molecule has 0 aliphatic heterocycles. The number of phenolic OH excluding ortho intramolecular Hbond substituents is 2. The van der Waals surface area contributed by atoms with E-state index in [-0.39, 0.29) is 10.5 Å². The van der Waals surface area contributed by atoms with Crippen molar-refractivity contribution in [3.05, 3.63) is 59.7 Å². The molecule has 0 amide bonds. The van der Waals surface area contributed by atoms with Crippen LogP contribution in [0.4, 0.5) is 0 Å². The van der Waals surface area contributed by atoms with Crippen molar-refractivity contribution in [2.24, 2.45) is 0 Å². The van der Waals surface area contributed by atoms with Gasteiger partial charge in [-0.05, 0) is 48.2 Å². The molecule has 5 heteroatoms. The fourth-order valence-corrected chi connectivity index (χ4v) is 4.87. The maximum Gasteiger partial charge on any atom is 0.115 e. The molecule has 2 N–H and O–H groups in total. The fourth-order valence-electron chi connectivity index (χ4n) is 2.89. The van der Waals surface area contributed by atoms with Gasteiger partial charge in [0.25, 0.3) is 0 Å². The molecule has 0 radical (unpaired) electrons. The van der Waals surface area contributed by atoms with Crippen molar-refractivity contribution < 1.29 is 13.8 Å². The molecule has 2 aromatic rings. The second-order valence-electron chi connectivity index (χ2n) is 6.71. The van der Waals surface area contributed by atoms with E-state index in [1.165, 1.54) is 24.1 Å². The Balaban J connectivity index is 2.00. The van der Waals surface area contributed by atoms with Gasteiger partial charge in [-0.1, -0.05) is 63.8 Å². The average molecular weight is 407 g/mol. The van der Waals surface area contributed by atoms with Crippen LogP contribution in [-0.4, -0.2) is 10.2 Å². The van der Waals surface area contributed by atoms with Crippen LogP contribution in [0.2, 0.25) is 0 Å². The van der Waals surface area contributed by atoms with Crippen LogP contribution in [-0.2, 0) is 3.63 Å². The zero-order valence-electron chi connectivity index (χ0n) is 16.1. The molecular formula is C22H30O3S2. The van der Waals surface area contributed by atoms with Crippen LogP contribution in [0.5, 0.6) is 11.5 Å². The van der Waals surface area contributed by atoms with Gasteiger partial charge < -0.3 is 10.2 Å². The smallest absolute Gasteiger partial charge is 0.115 e. The molecule has 2 atom stereocenters. The van der Waals surface area contributed by atoms with Crippen molar-refractivity contribution in [3.8, 4) is 11.5 Å². The molecule has 2 aromatic carbocycles. The van der Waals surface area contributed by atoms with E-state index in [2.05, 4.69) is 13.8 Å². The van der Waals surface area contributed by atoms with Crippen molar-refractivity contribution in [2.75, 3.05) is 0 Å². The van der Waals surface area contributed by atoms with E-state index in [1.807, 2.05) is 36.4 Å². The molecule has 0 spiro atoms. The highest BCUT2D eigenvalue weighted by Gasteiger charge is 2.18. The Labute approximate surface area is 172 Å². The summed E-state index contributed by atoms with van der Waals surface area (Å²) in [6.45, 7) is 4.37. The summed E-state index contributed by atoms with van der Waals surface area (Å²) in [4.78, 5) is 0. The SMILES string of the molecule is CCCCC(SOSC(CCCC)c1cccc(O)c1)c1cccc(O)c1. The summed E-state index contributed by atoms with van der Waals surface area (Å²) < 4.78 is 6.01. The molecule has 0 saturated carbocycles. The van der Waals surface area contributed by atoms with Gasteiger partial charge >= 0.3 is 0 Å². The van der Waals surface area contributed by atoms with Crippen LogP contribution in [0.1, 0.15) is 74.0 Å². The van der Waals surface area contributed by atoms with Gasteiger partial charge in [0.05, 0.1) is 10.5 Å². The molecule has 0 aliphatic rings. The van der Waals surface area contributed by atoms with E-state index in [9.17, 15) is 10.2 Å². The second kappa shape index (κ2) is 12.2. The van der Waals surface area contributed by atoms with Crippen molar-refractivity contribution in [3.63, 3.8) is 0 Å². The minimum Gasteiger partial charge on any atom is -0.508 e. The zero-order valence-corrected chi connectivity index (χ0v) is 17.8. The highest BCUT2D eigenvalue weighted by molar-refractivity contribution is 8.08. The monoisotopic (exact) mass is 406 g/mol. The Morgan fingerprint density at radius 1 is 0.778 bits per heavy atom. The van der Waals surface area contributed by atoms with Crippen molar-refractivity contribution >= 4 is 24.1 Å². The topological polar surface area (TPSA) is 49.7 Å².